The molecule has 0 unspecified atom stereocenters. The van der Waals surface area contributed by atoms with Crippen molar-refractivity contribution in [2.75, 3.05) is 13.1 Å². The maximum atomic E-state index is 12.4. The highest BCUT2D eigenvalue weighted by atomic mass is 35.5. The second-order valence-electron chi connectivity index (χ2n) is 5.09. The van der Waals surface area contributed by atoms with Crippen molar-refractivity contribution in [1.82, 2.24) is 4.90 Å². The third-order valence-electron chi connectivity index (χ3n) is 2.61. The van der Waals surface area contributed by atoms with Crippen molar-refractivity contribution < 1.29 is 23.4 Å². The van der Waals surface area contributed by atoms with E-state index < -0.39 is 12.6 Å². The number of ether oxygens (including phenoxy) is 1. The first kappa shape index (κ1) is 17.7. The highest BCUT2D eigenvalue weighted by Crippen LogP contribution is 2.26. The predicted molar refractivity (Wildman–Crippen MR) is 75.8 cm³/mol. The lowest BCUT2D eigenvalue weighted by Crippen LogP contribution is -2.32. The molecule has 0 aliphatic carbocycles. The Labute approximate surface area is 127 Å². The highest BCUT2D eigenvalue weighted by molar-refractivity contribution is 6.30. The van der Waals surface area contributed by atoms with Gasteiger partial charge < -0.3 is 9.84 Å². The van der Waals surface area contributed by atoms with Crippen LogP contribution in [0.2, 0.25) is 5.02 Å². The Morgan fingerprint density at radius 3 is 2.62 bits per heavy atom. The summed E-state index contributed by atoms with van der Waals surface area (Å²) < 4.78 is 29.2. The van der Waals surface area contributed by atoms with Gasteiger partial charge in [0.25, 0.3) is 0 Å². The number of hydrogen-bond acceptors (Lipinski definition) is 3. The van der Waals surface area contributed by atoms with Crippen LogP contribution in [0.4, 0.5) is 8.78 Å². The fourth-order valence-electron chi connectivity index (χ4n) is 2.02. The fraction of sp³-hybridized carbons (Fsp3) is 0.500. The number of rotatable bonds is 8. The lowest BCUT2D eigenvalue weighted by molar-refractivity contribution is -0.138. The molecule has 21 heavy (non-hydrogen) atoms. The molecule has 0 aromatic heterocycles. The number of aliphatic carboxylic acids is 1. The van der Waals surface area contributed by atoms with Gasteiger partial charge >= 0.3 is 12.6 Å². The molecule has 0 saturated carbocycles. The second-order valence-corrected chi connectivity index (χ2v) is 5.52. The smallest absolute Gasteiger partial charge is 0.387 e. The number of benzene rings is 1. The molecule has 0 aliphatic heterocycles. The Bertz CT molecular complexity index is 483. The molecule has 1 aromatic rings. The van der Waals surface area contributed by atoms with Gasteiger partial charge in [-0.15, -0.1) is 0 Å². The molecule has 0 bridgehead atoms. The molecule has 0 fully saturated rings. The first-order chi connectivity index (χ1) is 9.77. The molecule has 0 spiro atoms. The third-order valence-corrected chi connectivity index (χ3v) is 2.85. The van der Waals surface area contributed by atoms with E-state index in [0.29, 0.717) is 17.1 Å². The van der Waals surface area contributed by atoms with Crippen LogP contribution in [0.15, 0.2) is 18.2 Å². The summed E-state index contributed by atoms with van der Waals surface area (Å²) in [4.78, 5) is 12.5. The Kier molecular flexibility index (Phi) is 6.84. The van der Waals surface area contributed by atoms with Gasteiger partial charge in [0.2, 0.25) is 0 Å². The number of nitrogens with zero attached hydrogens (tertiary/aromatic N) is 1. The van der Waals surface area contributed by atoms with E-state index in [4.69, 9.17) is 16.7 Å². The first-order valence-electron chi connectivity index (χ1n) is 6.45. The minimum Gasteiger partial charge on any atom is -0.480 e. The Balaban J connectivity index is 2.94. The zero-order valence-corrected chi connectivity index (χ0v) is 12.6. The van der Waals surface area contributed by atoms with Crippen molar-refractivity contribution in [3.05, 3.63) is 28.8 Å². The maximum Gasteiger partial charge on any atom is 0.387 e. The Hall–Kier alpha value is -1.40. The van der Waals surface area contributed by atoms with E-state index in [9.17, 15) is 13.6 Å². The van der Waals surface area contributed by atoms with Gasteiger partial charge in [-0.05, 0) is 24.1 Å². The lowest BCUT2D eigenvalue weighted by Gasteiger charge is -2.23. The molecule has 1 N–H and O–H groups in total. The number of carbonyl (C=O) groups is 1. The molecule has 0 atom stereocenters. The number of hydrogen-bond donors (Lipinski definition) is 1. The summed E-state index contributed by atoms with van der Waals surface area (Å²) in [5, 5.41) is 9.31. The van der Waals surface area contributed by atoms with E-state index in [-0.39, 0.29) is 24.8 Å². The van der Waals surface area contributed by atoms with Crippen LogP contribution in [0, 0.1) is 5.92 Å². The average Bonchev–Trinajstić information content (AvgIpc) is 2.30. The summed E-state index contributed by atoms with van der Waals surface area (Å²) >= 11 is 5.87. The predicted octanol–water partition coefficient (Wildman–Crippen LogP) is 3.48. The quantitative estimate of drug-likeness (QED) is 0.796. The largest absolute Gasteiger partial charge is 0.480 e. The fourth-order valence-corrected chi connectivity index (χ4v) is 2.21. The number of halogens is 3. The van der Waals surface area contributed by atoms with E-state index in [0.717, 1.165) is 0 Å². The van der Waals surface area contributed by atoms with Crippen LogP contribution in [-0.4, -0.2) is 35.7 Å². The Morgan fingerprint density at radius 1 is 1.43 bits per heavy atom. The highest BCUT2D eigenvalue weighted by Gasteiger charge is 2.16. The molecule has 0 heterocycles. The van der Waals surface area contributed by atoms with Crippen LogP contribution in [0.1, 0.15) is 19.4 Å². The summed E-state index contributed by atoms with van der Waals surface area (Å²) in [5.41, 5.74) is 0.435. The van der Waals surface area contributed by atoms with Gasteiger partial charge in [-0.3, -0.25) is 9.69 Å². The molecule has 0 aliphatic rings. The van der Waals surface area contributed by atoms with Crippen molar-refractivity contribution in [2.45, 2.75) is 27.0 Å². The minimum absolute atomic E-state index is 0.00791. The van der Waals surface area contributed by atoms with Gasteiger partial charge in [0, 0.05) is 23.7 Å². The number of carboxylic acids is 1. The molecular weight excluding hydrogens is 304 g/mol. The summed E-state index contributed by atoms with van der Waals surface area (Å²) in [7, 11) is 0. The first-order valence-corrected chi connectivity index (χ1v) is 6.83. The summed E-state index contributed by atoms with van der Waals surface area (Å²) in [6.45, 7) is 1.47. The van der Waals surface area contributed by atoms with Crippen molar-refractivity contribution in [2.24, 2.45) is 5.92 Å². The standard InChI is InChI=1S/C14H18ClF2NO3/c1-9(2)6-18(8-13(19)20)7-10-5-11(15)3-4-12(10)21-14(16)17/h3-5,9,14H,6-8H2,1-2H3,(H,19,20). The molecule has 118 valence electrons. The van der Waals surface area contributed by atoms with Gasteiger partial charge in [-0.25, -0.2) is 0 Å². The average molecular weight is 322 g/mol. The minimum atomic E-state index is -2.94. The SMILES string of the molecule is CC(C)CN(CC(=O)O)Cc1cc(Cl)ccc1OC(F)F. The third kappa shape index (κ3) is 6.73. The van der Waals surface area contributed by atoms with E-state index >= 15 is 0 Å². The van der Waals surface area contributed by atoms with Gasteiger partial charge in [0.1, 0.15) is 5.75 Å². The van der Waals surface area contributed by atoms with Gasteiger partial charge in [0.05, 0.1) is 6.54 Å². The summed E-state index contributed by atoms with van der Waals surface area (Å²) in [6, 6.07) is 4.32. The van der Waals surface area contributed by atoms with Gasteiger partial charge in [0.15, 0.2) is 0 Å². The molecule has 0 saturated heterocycles. The molecule has 1 rings (SSSR count). The number of carboxylic acid groups (broad SMARTS) is 1. The van der Waals surface area contributed by atoms with E-state index in [1.807, 2.05) is 13.8 Å². The summed E-state index contributed by atoms with van der Waals surface area (Å²) in [6.07, 6.45) is 0. The normalized spacial score (nSPS) is 11.4. The molecule has 7 heteroatoms. The maximum absolute atomic E-state index is 12.4. The second kappa shape index (κ2) is 8.14. The zero-order chi connectivity index (χ0) is 16.0. The van der Waals surface area contributed by atoms with Crippen LogP contribution in [0.5, 0.6) is 5.75 Å². The molecular formula is C14H18ClF2NO3. The van der Waals surface area contributed by atoms with Crippen molar-refractivity contribution in [3.63, 3.8) is 0 Å². The topological polar surface area (TPSA) is 49.8 Å². The van der Waals surface area contributed by atoms with Gasteiger partial charge in [-0.1, -0.05) is 25.4 Å². The van der Waals surface area contributed by atoms with Gasteiger partial charge in [-0.2, -0.15) is 8.78 Å². The molecule has 0 radical (unpaired) electrons. The number of alkyl halides is 2. The van der Waals surface area contributed by atoms with Crippen LogP contribution >= 0.6 is 11.6 Å². The molecule has 0 amide bonds. The van der Waals surface area contributed by atoms with Crippen LogP contribution in [0.3, 0.4) is 0 Å². The van der Waals surface area contributed by atoms with E-state index in [1.165, 1.54) is 18.2 Å². The molecule has 4 nitrogen and oxygen atoms in total. The van der Waals surface area contributed by atoms with Crippen molar-refractivity contribution >= 4 is 17.6 Å². The van der Waals surface area contributed by atoms with E-state index in [1.54, 1.807) is 4.90 Å². The van der Waals surface area contributed by atoms with Crippen molar-refractivity contribution in [3.8, 4) is 5.75 Å². The molecule has 1 aromatic carbocycles. The van der Waals surface area contributed by atoms with Crippen LogP contribution < -0.4 is 4.74 Å². The van der Waals surface area contributed by atoms with Crippen molar-refractivity contribution in [1.29, 1.82) is 0 Å². The van der Waals surface area contributed by atoms with Crippen LogP contribution in [0.25, 0.3) is 0 Å². The zero-order valence-electron chi connectivity index (χ0n) is 11.9. The monoisotopic (exact) mass is 321 g/mol. The lowest BCUT2D eigenvalue weighted by atomic mass is 10.1. The summed E-state index contributed by atoms with van der Waals surface area (Å²) in [5.74, 6) is -0.731. The Morgan fingerprint density at radius 2 is 2.10 bits per heavy atom. The van der Waals surface area contributed by atoms with E-state index in [2.05, 4.69) is 4.74 Å². The van der Waals surface area contributed by atoms with Crippen LogP contribution in [-0.2, 0) is 11.3 Å².